The van der Waals surface area contributed by atoms with Gasteiger partial charge in [0, 0.05) is 12.6 Å². The molecular formula is C26H26FN3O3. The first-order valence-corrected chi connectivity index (χ1v) is 10.9. The van der Waals surface area contributed by atoms with Gasteiger partial charge in [0.1, 0.15) is 23.1 Å². The van der Waals surface area contributed by atoms with E-state index in [0.29, 0.717) is 6.61 Å². The van der Waals surface area contributed by atoms with E-state index in [1.807, 2.05) is 48.5 Å². The van der Waals surface area contributed by atoms with Gasteiger partial charge in [0.25, 0.3) is 5.91 Å². The maximum Gasteiger partial charge on any atom is 0.254 e. The van der Waals surface area contributed by atoms with Crippen molar-refractivity contribution in [3.8, 4) is 11.5 Å². The van der Waals surface area contributed by atoms with Crippen LogP contribution in [-0.4, -0.2) is 29.2 Å². The molecule has 4 rings (SSSR count). The molecule has 0 aliphatic carbocycles. The number of nitrogens with one attached hydrogen (secondary N) is 1. The lowest BCUT2D eigenvalue weighted by molar-refractivity contribution is 0.0945. The fourth-order valence-corrected chi connectivity index (χ4v) is 3.66. The van der Waals surface area contributed by atoms with E-state index in [-0.39, 0.29) is 12.1 Å². The van der Waals surface area contributed by atoms with E-state index >= 15 is 0 Å². The van der Waals surface area contributed by atoms with Gasteiger partial charge in [-0.15, -0.1) is 0 Å². The second-order valence-corrected chi connectivity index (χ2v) is 7.57. The van der Waals surface area contributed by atoms with Crippen LogP contribution < -0.4 is 14.8 Å². The zero-order valence-electron chi connectivity index (χ0n) is 18.5. The Morgan fingerprint density at radius 3 is 2.64 bits per heavy atom. The van der Waals surface area contributed by atoms with Crippen LogP contribution in [0.1, 0.15) is 29.0 Å². The van der Waals surface area contributed by atoms with Crippen molar-refractivity contribution in [1.29, 1.82) is 0 Å². The molecule has 0 aliphatic rings. The number of hydrogen-bond donors (Lipinski definition) is 1. The molecule has 0 fully saturated rings. The maximum absolute atomic E-state index is 13.9. The summed E-state index contributed by atoms with van der Waals surface area (Å²) in [7, 11) is 1.63. The van der Waals surface area contributed by atoms with E-state index in [9.17, 15) is 9.18 Å². The van der Waals surface area contributed by atoms with E-state index in [1.165, 1.54) is 12.1 Å². The first kappa shape index (κ1) is 22.3. The SMILES string of the molecule is COc1cccc(OCCCCn2c(CNC(=O)c3ccccc3F)nc3ccccc32)c1. The maximum atomic E-state index is 13.9. The molecular weight excluding hydrogens is 421 g/mol. The first-order chi connectivity index (χ1) is 16.2. The van der Waals surface area contributed by atoms with Crippen molar-refractivity contribution in [2.45, 2.75) is 25.9 Å². The van der Waals surface area contributed by atoms with Crippen molar-refractivity contribution in [2.24, 2.45) is 0 Å². The molecule has 7 heteroatoms. The van der Waals surface area contributed by atoms with Crippen molar-refractivity contribution in [3.63, 3.8) is 0 Å². The average Bonchev–Trinajstić information content (AvgIpc) is 3.20. The predicted molar refractivity (Wildman–Crippen MR) is 125 cm³/mol. The molecule has 0 unspecified atom stereocenters. The molecule has 170 valence electrons. The van der Waals surface area contributed by atoms with E-state index in [2.05, 4.69) is 14.9 Å². The molecule has 0 saturated heterocycles. The number of halogens is 1. The smallest absolute Gasteiger partial charge is 0.254 e. The van der Waals surface area contributed by atoms with Crippen molar-refractivity contribution in [1.82, 2.24) is 14.9 Å². The fraction of sp³-hybridized carbons (Fsp3) is 0.231. The molecule has 3 aromatic carbocycles. The second-order valence-electron chi connectivity index (χ2n) is 7.57. The van der Waals surface area contributed by atoms with Gasteiger partial charge in [-0.2, -0.15) is 0 Å². The van der Waals surface area contributed by atoms with Crippen LogP contribution in [0.3, 0.4) is 0 Å². The fourth-order valence-electron chi connectivity index (χ4n) is 3.66. The van der Waals surface area contributed by atoms with Crippen LogP contribution in [0, 0.1) is 5.82 Å². The van der Waals surface area contributed by atoms with Crippen molar-refractivity contribution in [3.05, 3.63) is 90.0 Å². The van der Waals surface area contributed by atoms with Gasteiger partial charge in [-0.05, 0) is 49.2 Å². The second kappa shape index (κ2) is 10.6. The summed E-state index contributed by atoms with van der Waals surface area (Å²) in [6.07, 6.45) is 1.73. The molecule has 1 amide bonds. The Kier molecular flexibility index (Phi) is 7.19. The van der Waals surface area contributed by atoms with Crippen LogP contribution in [0.25, 0.3) is 11.0 Å². The predicted octanol–water partition coefficient (Wildman–Crippen LogP) is 4.97. The number of imidazole rings is 1. The van der Waals surface area contributed by atoms with Crippen LogP contribution in [0.15, 0.2) is 72.8 Å². The highest BCUT2D eigenvalue weighted by molar-refractivity contribution is 5.94. The van der Waals surface area contributed by atoms with Crippen molar-refractivity contribution >= 4 is 16.9 Å². The van der Waals surface area contributed by atoms with Gasteiger partial charge in [0.15, 0.2) is 0 Å². The number of ether oxygens (including phenoxy) is 2. The third-order valence-corrected chi connectivity index (χ3v) is 5.35. The Labute approximate surface area is 192 Å². The number of aryl methyl sites for hydroxylation is 1. The normalized spacial score (nSPS) is 10.8. The number of methoxy groups -OCH3 is 1. The summed E-state index contributed by atoms with van der Waals surface area (Å²) in [6.45, 7) is 1.52. The van der Waals surface area contributed by atoms with Crippen LogP contribution in [0.2, 0.25) is 0 Å². The number of hydrogen-bond acceptors (Lipinski definition) is 4. The highest BCUT2D eigenvalue weighted by atomic mass is 19.1. The lowest BCUT2D eigenvalue weighted by Gasteiger charge is -2.11. The molecule has 6 nitrogen and oxygen atoms in total. The number of amides is 1. The summed E-state index contributed by atoms with van der Waals surface area (Å²) in [4.78, 5) is 17.1. The molecule has 1 aromatic heterocycles. The van der Waals surface area contributed by atoms with Gasteiger partial charge in [-0.3, -0.25) is 4.79 Å². The average molecular weight is 448 g/mol. The summed E-state index contributed by atoms with van der Waals surface area (Å²) >= 11 is 0. The summed E-state index contributed by atoms with van der Waals surface area (Å²) in [6, 6.07) is 21.3. The van der Waals surface area contributed by atoms with Crippen LogP contribution in [-0.2, 0) is 13.1 Å². The summed E-state index contributed by atoms with van der Waals surface area (Å²) < 4.78 is 27.1. The topological polar surface area (TPSA) is 65.4 Å². The van der Waals surface area contributed by atoms with E-state index in [0.717, 1.165) is 47.7 Å². The number of fused-ring (bicyclic) bond motifs is 1. The lowest BCUT2D eigenvalue weighted by Crippen LogP contribution is -2.25. The van der Waals surface area contributed by atoms with Gasteiger partial charge < -0.3 is 19.4 Å². The number of unbranched alkanes of at least 4 members (excludes halogenated alkanes) is 1. The van der Waals surface area contributed by atoms with E-state index in [1.54, 1.807) is 19.2 Å². The van der Waals surface area contributed by atoms with Crippen molar-refractivity contribution in [2.75, 3.05) is 13.7 Å². The Balaban J connectivity index is 1.37. The zero-order valence-corrected chi connectivity index (χ0v) is 18.5. The van der Waals surface area contributed by atoms with Gasteiger partial charge in [-0.25, -0.2) is 9.37 Å². The third kappa shape index (κ3) is 5.49. The molecule has 1 heterocycles. The minimum atomic E-state index is -0.542. The molecule has 4 aromatic rings. The highest BCUT2D eigenvalue weighted by Crippen LogP contribution is 2.20. The third-order valence-electron chi connectivity index (χ3n) is 5.35. The van der Waals surface area contributed by atoms with Gasteiger partial charge in [0.05, 0.1) is 36.9 Å². The number of para-hydroxylation sites is 2. The first-order valence-electron chi connectivity index (χ1n) is 10.9. The number of aromatic nitrogens is 2. The lowest BCUT2D eigenvalue weighted by atomic mass is 10.2. The molecule has 1 N–H and O–H groups in total. The molecule has 0 atom stereocenters. The highest BCUT2D eigenvalue weighted by Gasteiger charge is 2.14. The number of rotatable bonds is 10. The largest absolute Gasteiger partial charge is 0.497 e. The van der Waals surface area contributed by atoms with Gasteiger partial charge >= 0.3 is 0 Å². The minimum absolute atomic E-state index is 0.0230. The molecule has 33 heavy (non-hydrogen) atoms. The van der Waals surface area contributed by atoms with E-state index in [4.69, 9.17) is 9.47 Å². The summed E-state index contributed by atoms with van der Waals surface area (Å²) in [5.41, 5.74) is 1.89. The Morgan fingerprint density at radius 1 is 1.00 bits per heavy atom. The Morgan fingerprint density at radius 2 is 1.79 bits per heavy atom. The van der Waals surface area contributed by atoms with Crippen LogP contribution in [0.5, 0.6) is 11.5 Å². The molecule has 0 bridgehead atoms. The quantitative estimate of drug-likeness (QED) is 0.349. The zero-order chi connectivity index (χ0) is 23.0. The number of carbonyl (C=O) groups is 1. The Bertz CT molecular complexity index is 1240. The minimum Gasteiger partial charge on any atom is -0.497 e. The Hall–Kier alpha value is -3.87. The van der Waals surface area contributed by atoms with Gasteiger partial charge in [-0.1, -0.05) is 30.3 Å². The summed E-state index contributed by atoms with van der Waals surface area (Å²) in [5.74, 6) is 1.27. The number of carbonyl (C=O) groups excluding carboxylic acids is 1. The van der Waals surface area contributed by atoms with Crippen molar-refractivity contribution < 1.29 is 18.7 Å². The number of benzene rings is 3. The monoisotopic (exact) mass is 447 g/mol. The van der Waals surface area contributed by atoms with E-state index < -0.39 is 11.7 Å². The summed E-state index contributed by atoms with van der Waals surface area (Å²) in [5, 5.41) is 2.79. The molecule has 0 aliphatic heterocycles. The standard InChI is InChI=1S/C26H26FN3O3/c1-32-19-9-8-10-20(17-19)33-16-7-6-15-30-24-14-5-4-13-23(24)29-25(30)18-28-26(31)21-11-2-3-12-22(21)27/h2-5,8-14,17H,6-7,15-16,18H2,1H3,(H,28,31). The van der Waals surface area contributed by atoms with Crippen LogP contribution in [0.4, 0.5) is 4.39 Å². The van der Waals surface area contributed by atoms with Gasteiger partial charge in [0.2, 0.25) is 0 Å². The van der Waals surface area contributed by atoms with Crippen LogP contribution >= 0.6 is 0 Å². The molecule has 0 spiro atoms. The molecule has 0 radical (unpaired) electrons. The number of nitrogens with zero attached hydrogens (tertiary/aromatic N) is 2. The molecule has 0 saturated carbocycles.